The van der Waals surface area contributed by atoms with Crippen LogP contribution in [0.25, 0.3) is 0 Å². The Morgan fingerprint density at radius 2 is 2.50 bits per heavy atom. The molecule has 1 rings (SSSR count). The molecule has 1 aliphatic rings. The van der Waals surface area contributed by atoms with Crippen molar-refractivity contribution in [1.82, 2.24) is 0 Å². The molecule has 0 fully saturated rings. The van der Waals surface area contributed by atoms with Gasteiger partial charge in [-0.15, -0.1) is 0 Å². The second kappa shape index (κ2) is 2.62. The molecule has 0 heterocycles. The van der Waals surface area contributed by atoms with Crippen molar-refractivity contribution in [1.29, 1.82) is 0 Å². The summed E-state index contributed by atoms with van der Waals surface area (Å²) in [6, 6.07) is 0. The molecule has 0 radical (unpaired) electrons. The Hall–Kier alpha value is 0.140. The van der Waals surface area contributed by atoms with Crippen molar-refractivity contribution >= 4 is 22.6 Å². The van der Waals surface area contributed by atoms with E-state index >= 15 is 0 Å². The van der Waals surface area contributed by atoms with Gasteiger partial charge in [0.15, 0.2) is 0 Å². The van der Waals surface area contributed by atoms with Crippen LogP contribution < -0.4 is 0 Å². The first-order chi connectivity index (χ1) is 3.80. The van der Waals surface area contributed by atoms with Gasteiger partial charge in [0.1, 0.15) is 5.83 Å². The summed E-state index contributed by atoms with van der Waals surface area (Å²) in [5, 5.41) is 0. The molecule has 0 spiro atoms. The number of halogens is 2. The van der Waals surface area contributed by atoms with E-state index < -0.39 is 0 Å². The van der Waals surface area contributed by atoms with Crippen LogP contribution >= 0.6 is 22.6 Å². The molecule has 0 saturated heterocycles. The van der Waals surface area contributed by atoms with E-state index in [1.165, 1.54) is 0 Å². The summed E-state index contributed by atoms with van der Waals surface area (Å²) in [4.78, 5) is 0. The predicted octanol–water partition coefficient (Wildman–Crippen LogP) is 2.60. The zero-order chi connectivity index (χ0) is 5.98. The fourth-order valence-corrected chi connectivity index (χ4v) is 1.13. The average molecular weight is 224 g/mol. The zero-order valence-corrected chi connectivity index (χ0v) is 6.43. The van der Waals surface area contributed by atoms with Crippen LogP contribution in [-0.4, -0.2) is 3.92 Å². The SMILES string of the molecule is FC1=CCC=CC1I. The molecule has 0 amide bonds. The third-order valence-electron chi connectivity index (χ3n) is 1.02. The molecule has 1 unspecified atom stereocenters. The van der Waals surface area contributed by atoms with E-state index in [0.29, 0.717) is 0 Å². The fraction of sp³-hybridized carbons (Fsp3) is 0.333. The first kappa shape index (κ1) is 6.26. The van der Waals surface area contributed by atoms with Crippen LogP contribution in [0.15, 0.2) is 24.1 Å². The fourth-order valence-electron chi connectivity index (χ4n) is 0.583. The van der Waals surface area contributed by atoms with Crippen molar-refractivity contribution in [2.75, 3.05) is 0 Å². The maximum absolute atomic E-state index is 12.4. The molecular formula is C6H6FI. The van der Waals surface area contributed by atoms with Crippen LogP contribution in [0.1, 0.15) is 6.42 Å². The monoisotopic (exact) mass is 224 g/mol. The minimum Gasteiger partial charge on any atom is -0.211 e. The molecule has 0 saturated carbocycles. The van der Waals surface area contributed by atoms with Crippen molar-refractivity contribution in [2.24, 2.45) is 0 Å². The minimum atomic E-state index is -0.0126. The third-order valence-corrected chi connectivity index (χ3v) is 2.03. The van der Waals surface area contributed by atoms with Crippen LogP contribution in [0.5, 0.6) is 0 Å². The van der Waals surface area contributed by atoms with E-state index in [9.17, 15) is 4.39 Å². The van der Waals surface area contributed by atoms with E-state index in [1.54, 1.807) is 6.08 Å². The molecular weight excluding hydrogens is 218 g/mol. The second-order valence-electron chi connectivity index (χ2n) is 1.65. The number of allylic oxidation sites excluding steroid dienone is 4. The smallest absolute Gasteiger partial charge is 0.113 e. The number of alkyl halides is 1. The highest BCUT2D eigenvalue weighted by atomic mass is 127. The molecule has 0 aromatic carbocycles. The molecule has 1 aliphatic carbocycles. The van der Waals surface area contributed by atoms with Gasteiger partial charge in [0.25, 0.3) is 0 Å². The lowest BCUT2D eigenvalue weighted by atomic mass is 10.2. The van der Waals surface area contributed by atoms with Crippen molar-refractivity contribution in [3.8, 4) is 0 Å². The Balaban J connectivity index is 2.63. The lowest BCUT2D eigenvalue weighted by molar-refractivity contribution is 0.620. The Labute approximate surface area is 61.6 Å². The largest absolute Gasteiger partial charge is 0.211 e. The average Bonchev–Trinajstić information content (AvgIpc) is 1.77. The van der Waals surface area contributed by atoms with Crippen molar-refractivity contribution in [3.05, 3.63) is 24.1 Å². The zero-order valence-electron chi connectivity index (χ0n) is 4.27. The third kappa shape index (κ3) is 1.31. The number of hydrogen-bond acceptors (Lipinski definition) is 0. The van der Waals surface area contributed by atoms with Gasteiger partial charge in [-0.3, -0.25) is 0 Å². The summed E-state index contributed by atoms with van der Waals surface area (Å²) in [5.74, 6) is -0.00639. The number of rotatable bonds is 0. The maximum Gasteiger partial charge on any atom is 0.113 e. The van der Waals surface area contributed by atoms with Crippen molar-refractivity contribution in [2.45, 2.75) is 10.3 Å². The van der Waals surface area contributed by atoms with Crippen molar-refractivity contribution < 1.29 is 4.39 Å². The summed E-state index contributed by atoms with van der Waals surface area (Å²) >= 11 is 2.05. The molecule has 0 aromatic heterocycles. The van der Waals surface area contributed by atoms with Crippen LogP contribution in [0.3, 0.4) is 0 Å². The van der Waals surface area contributed by atoms with Crippen LogP contribution in [0, 0.1) is 0 Å². The molecule has 44 valence electrons. The molecule has 0 nitrogen and oxygen atoms in total. The highest BCUT2D eigenvalue weighted by Gasteiger charge is 2.06. The molecule has 0 N–H and O–H groups in total. The van der Waals surface area contributed by atoms with Gasteiger partial charge in [0.2, 0.25) is 0 Å². The van der Waals surface area contributed by atoms with Crippen molar-refractivity contribution in [3.63, 3.8) is 0 Å². The van der Waals surface area contributed by atoms with Crippen LogP contribution in [-0.2, 0) is 0 Å². The lowest BCUT2D eigenvalue weighted by Crippen LogP contribution is -1.95. The van der Waals surface area contributed by atoms with Crippen LogP contribution in [0.4, 0.5) is 4.39 Å². The lowest BCUT2D eigenvalue weighted by Gasteiger charge is -2.03. The summed E-state index contributed by atoms with van der Waals surface area (Å²) in [6.45, 7) is 0. The standard InChI is InChI=1S/C6H6FI/c7-5-3-1-2-4-6(5)8/h2-4,6H,1H2. The topological polar surface area (TPSA) is 0 Å². The highest BCUT2D eigenvalue weighted by Crippen LogP contribution is 2.19. The summed E-state index contributed by atoms with van der Waals surface area (Å²) in [7, 11) is 0. The minimum absolute atomic E-state index is 0.00639. The quantitative estimate of drug-likeness (QED) is 0.337. The molecule has 0 aromatic rings. The van der Waals surface area contributed by atoms with E-state index in [1.807, 2.05) is 12.2 Å². The summed E-state index contributed by atoms with van der Waals surface area (Å²) in [5.41, 5.74) is 0. The Morgan fingerprint density at radius 3 is 2.88 bits per heavy atom. The highest BCUT2D eigenvalue weighted by molar-refractivity contribution is 14.1. The van der Waals surface area contributed by atoms with E-state index in [4.69, 9.17) is 0 Å². The normalized spacial score (nSPS) is 27.8. The molecule has 8 heavy (non-hydrogen) atoms. The van der Waals surface area contributed by atoms with Gasteiger partial charge in [0, 0.05) is 0 Å². The van der Waals surface area contributed by atoms with Crippen LogP contribution in [0.2, 0.25) is 0 Å². The predicted molar refractivity (Wildman–Crippen MR) is 40.8 cm³/mol. The van der Waals surface area contributed by atoms with Gasteiger partial charge >= 0.3 is 0 Å². The van der Waals surface area contributed by atoms with Gasteiger partial charge in [-0.1, -0.05) is 34.7 Å². The van der Waals surface area contributed by atoms with Gasteiger partial charge in [-0.2, -0.15) is 0 Å². The first-order valence-electron chi connectivity index (χ1n) is 2.47. The summed E-state index contributed by atoms with van der Waals surface area (Å²) in [6.07, 6.45) is 6.21. The Kier molecular flexibility index (Phi) is 2.05. The second-order valence-corrected chi connectivity index (χ2v) is 3.00. The Morgan fingerprint density at radius 1 is 1.75 bits per heavy atom. The molecule has 1 atom stereocenters. The van der Waals surface area contributed by atoms with E-state index in [-0.39, 0.29) is 9.75 Å². The first-order valence-corrected chi connectivity index (χ1v) is 3.71. The Bertz CT molecular complexity index is 137. The van der Waals surface area contributed by atoms with Gasteiger partial charge in [0.05, 0.1) is 3.92 Å². The maximum atomic E-state index is 12.4. The number of hydrogen-bond donors (Lipinski definition) is 0. The molecule has 2 heteroatoms. The van der Waals surface area contributed by atoms with E-state index in [0.717, 1.165) is 6.42 Å². The van der Waals surface area contributed by atoms with E-state index in [2.05, 4.69) is 22.6 Å². The van der Waals surface area contributed by atoms with Gasteiger partial charge in [-0.05, 0) is 12.5 Å². The van der Waals surface area contributed by atoms with Gasteiger partial charge in [-0.25, -0.2) is 4.39 Å². The summed E-state index contributed by atoms with van der Waals surface area (Å²) < 4.78 is 12.4. The van der Waals surface area contributed by atoms with Gasteiger partial charge < -0.3 is 0 Å². The molecule has 0 bridgehead atoms. The molecule has 0 aliphatic heterocycles.